The second-order valence-electron chi connectivity index (χ2n) is 6.43. The van der Waals surface area contributed by atoms with Crippen molar-refractivity contribution in [1.82, 2.24) is 14.9 Å². The Morgan fingerprint density at radius 1 is 0.931 bits per heavy atom. The molecule has 1 aromatic heterocycles. The second kappa shape index (κ2) is 10.3. The molecule has 29 heavy (non-hydrogen) atoms. The Balaban J connectivity index is 1.59. The molecule has 0 saturated carbocycles. The van der Waals surface area contributed by atoms with E-state index in [9.17, 15) is 0 Å². The summed E-state index contributed by atoms with van der Waals surface area (Å²) >= 11 is 0. The van der Waals surface area contributed by atoms with E-state index in [1.165, 1.54) is 28.5 Å². The lowest BCUT2D eigenvalue weighted by Crippen LogP contribution is -2.10. The molecule has 1 heterocycles. The summed E-state index contributed by atoms with van der Waals surface area (Å²) in [6.07, 6.45) is 5.74. The van der Waals surface area contributed by atoms with E-state index in [1.807, 2.05) is 31.2 Å². The normalized spacial score (nSPS) is 11.0. The molecule has 0 aliphatic rings. The van der Waals surface area contributed by atoms with Crippen molar-refractivity contribution in [2.45, 2.75) is 27.2 Å². The van der Waals surface area contributed by atoms with E-state index in [4.69, 9.17) is 14.2 Å². The van der Waals surface area contributed by atoms with Crippen molar-refractivity contribution < 1.29 is 14.2 Å². The van der Waals surface area contributed by atoms with Crippen LogP contribution in [0.4, 0.5) is 0 Å². The number of hydrogen-bond acceptors (Lipinski definition) is 6. The Kier molecular flexibility index (Phi) is 7.22. The van der Waals surface area contributed by atoms with Crippen LogP contribution in [0.1, 0.15) is 30.5 Å². The minimum atomic E-state index is 0.420. The van der Waals surface area contributed by atoms with Gasteiger partial charge in [-0.3, -0.25) is 0 Å². The van der Waals surface area contributed by atoms with Crippen LogP contribution in [0.5, 0.6) is 17.2 Å². The van der Waals surface area contributed by atoms with Gasteiger partial charge in [-0.15, -0.1) is 10.2 Å². The lowest BCUT2D eigenvalue weighted by atomic mass is 10.1. The molecule has 0 aliphatic heterocycles. The average Bonchev–Trinajstić information content (AvgIpc) is 3.24. The zero-order valence-corrected chi connectivity index (χ0v) is 17.0. The van der Waals surface area contributed by atoms with Gasteiger partial charge in [0.25, 0.3) is 0 Å². The van der Waals surface area contributed by atoms with Crippen LogP contribution in [-0.2, 0) is 6.42 Å². The van der Waals surface area contributed by atoms with Crippen molar-refractivity contribution in [2.24, 2.45) is 5.10 Å². The van der Waals surface area contributed by atoms with Gasteiger partial charge in [0.1, 0.15) is 31.6 Å². The maximum absolute atomic E-state index is 5.88. The highest BCUT2D eigenvalue weighted by Crippen LogP contribution is 2.28. The Bertz CT molecular complexity index is 939. The number of rotatable bonds is 10. The third-order valence-electron chi connectivity index (χ3n) is 4.14. The molecule has 3 rings (SSSR count). The van der Waals surface area contributed by atoms with Crippen molar-refractivity contribution in [3.8, 4) is 17.2 Å². The van der Waals surface area contributed by atoms with Gasteiger partial charge in [0.05, 0.1) is 12.8 Å². The Labute approximate surface area is 170 Å². The average molecular weight is 394 g/mol. The molecule has 0 radical (unpaired) electrons. The SMILES string of the molecule is CCOc1cc(/C=N/n2cnnc2)ccc1OCCOc1cc(C)cc(CC)c1. The van der Waals surface area contributed by atoms with E-state index in [2.05, 4.69) is 41.3 Å². The zero-order valence-electron chi connectivity index (χ0n) is 17.0. The van der Waals surface area contributed by atoms with Crippen molar-refractivity contribution in [3.63, 3.8) is 0 Å². The number of benzene rings is 2. The van der Waals surface area contributed by atoms with Gasteiger partial charge < -0.3 is 14.2 Å². The topological polar surface area (TPSA) is 70.8 Å². The van der Waals surface area contributed by atoms with Gasteiger partial charge in [-0.05, 0) is 67.3 Å². The first kappa shape index (κ1) is 20.4. The molecule has 7 heteroatoms. The van der Waals surface area contributed by atoms with Crippen molar-refractivity contribution in [2.75, 3.05) is 19.8 Å². The van der Waals surface area contributed by atoms with Crippen LogP contribution in [0.2, 0.25) is 0 Å². The lowest BCUT2D eigenvalue weighted by Gasteiger charge is -2.13. The molecule has 0 unspecified atom stereocenters. The molecular formula is C22H26N4O3. The first-order valence-corrected chi connectivity index (χ1v) is 9.70. The molecule has 3 aromatic rings. The minimum absolute atomic E-state index is 0.420. The molecule has 0 spiro atoms. The van der Waals surface area contributed by atoms with Crippen molar-refractivity contribution >= 4 is 6.21 Å². The number of aromatic nitrogens is 3. The van der Waals surface area contributed by atoms with Crippen LogP contribution in [0.3, 0.4) is 0 Å². The fraction of sp³-hybridized carbons (Fsp3) is 0.318. The lowest BCUT2D eigenvalue weighted by molar-refractivity contribution is 0.208. The Morgan fingerprint density at radius 2 is 1.72 bits per heavy atom. The highest BCUT2D eigenvalue weighted by molar-refractivity contribution is 5.80. The Hall–Kier alpha value is -3.35. The van der Waals surface area contributed by atoms with E-state index in [1.54, 1.807) is 6.21 Å². The van der Waals surface area contributed by atoms with Crippen LogP contribution in [-0.4, -0.2) is 40.9 Å². The van der Waals surface area contributed by atoms with Crippen LogP contribution in [0.25, 0.3) is 0 Å². The number of aryl methyl sites for hydroxylation is 2. The van der Waals surface area contributed by atoms with Gasteiger partial charge in [0.2, 0.25) is 0 Å². The molecule has 0 N–H and O–H groups in total. The highest BCUT2D eigenvalue weighted by Gasteiger charge is 2.07. The standard InChI is InChI=1S/C22H26N4O3/c1-4-18-10-17(3)11-20(12-18)28-8-9-29-21-7-6-19(13-22(21)27-5-2)14-25-26-15-23-24-16-26/h6-7,10-16H,4-5,8-9H2,1-3H3/b25-14+. The summed E-state index contributed by atoms with van der Waals surface area (Å²) in [4.78, 5) is 0. The maximum Gasteiger partial charge on any atom is 0.161 e. The predicted molar refractivity (Wildman–Crippen MR) is 112 cm³/mol. The fourth-order valence-electron chi connectivity index (χ4n) is 2.80. The first-order chi connectivity index (χ1) is 14.2. The molecule has 0 bridgehead atoms. The van der Waals surface area contributed by atoms with Crippen LogP contribution in [0, 0.1) is 6.92 Å². The largest absolute Gasteiger partial charge is 0.490 e. The van der Waals surface area contributed by atoms with E-state index in [0.717, 1.165) is 17.7 Å². The number of nitrogens with zero attached hydrogens (tertiary/aromatic N) is 4. The molecule has 0 aliphatic carbocycles. The van der Waals surface area contributed by atoms with Crippen LogP contribution >= 0.6 is 0 Å². The Morgan fingerprint density at radius 3 is 2.48 bits per heavy atom. The predicted octanol–water partition coefficient (Wildman–Crippen LogP) is 3.89. The summed E-state index contributed by atoms with van der Waals surface area (Å²) in [7, 11) is 0. The van der Waals surface area contributed by atoms with Gasteiger partial charge in [0.15, 0.2) is 11.5 Å². The van der Waals surface area contributed by atoms with Crippen LogP contribution < -0.4 is 14.2 Å². The summed E-state index contributed by atoms with van der Waals surface area (Å²) in [6.45, 7) is 7.57. The minimum Gasteiger partial charge on any atom is -0.490 e. The molecule has 7 nitrogen and oxygen atoms in total. The third-order valence-corrected chi connectivity index (χ3v) is 4.14. The molecule has 0 fully saturated rings. The summed E-state index contributed by atoms with van der Waals surface area (Å²) in [5.74, 6) is 2.22. The van der Waals surface area contributed by atoms with Gasteiger partial charge in [-0.25, -0.2) is 4.68 Å². The summed E-state index contributed by atoms with van der Waals surface area (Å²) in [6, 6.07) is 12.0. The fourth-order valence-corrected chi connectivity index (χ4v) is 2.80. The van der Waals surface area contributed by atoms with E-state index in [-0.39, 0.29) is 0 Å². The summed E-state index contributed by atoms with van der Waals surface area (Å²) in [5, 5.41) is 11.7. The summed E-state index contributed by atoms with van der Waals surface area (Å²) < 4.78 is 19.0. The smallest absolute Gasteiger partial charge is 0.161 e. The van der Waals surface area contributed by atoms with Crippen LogP contribution in [0.15, 0.2) is 54.2 Å². The molecule has 2 aromatic carbocycles. The first-order valence-electron chi connectivity index (χ1n) is 9.70. The zero-order chi connectivity index (χ0) is 20.5. The molecule has 0 saturated heterocycles. The van der Waals surface area contributed by atoms with Gasteiger partial charge in [-0.2, -0.15) is 5.10 Å². The van der Waals surface area contributed by atoms with Crippen molar-refractivity contribution in [3.05, 3.63) is 65.7 Å². The quantitative estimate of drug-likeness (QED) is 0.385. The number of hydrogen-bond donors (Lipinski definition) is 0. The van der Waals surface area contributed by atoms with Crippen molar-refractivity contribution in [1.29, 1.82) is 0 Å². The highest BCUT2D eigenvalue weighted by atomic mass is 16.5. The number of ether oxygens (including phenoxy) is 3. The van der Waals surface area contributed by atoms with E-state index < -0.39 is 0 Å². The van der Waals surface area contributed by atoms with E-state index >= 15 is 0 Å². The second-order valence-corrected chi connectivity index (χ2v) is 6.43. The molecule has 0 atom stereocenters. The van der Waals surface area contributed by atoms with Gasteiger partial charge in [0, 0.05) is 0 Å². The van der Waals surface area contributed by atoms with E-state index in [0.29, 0.717) is 31.3 Å². The molecular weight excluding hydrogens is 368 g/mol. The monoisotopic (exact) mass is 394 g/mol. The summed E-state index contributed by atoms with van der Waals surface area (Å²) in [5.41, 5.74) is 3.35. The maximum atomic E-state index is 5.88. The molecule has 152 valence electrons. The molecule has 0 amide bonds. The third kappa shape index (κ3) is 6.07. The van der Waals surface area contributed by atoms with Gasteiger partial charge in [-0.1, -0.05) is 13.0 Å². The van der Waals surface area contributed by atoms with Gasteiger partial charge >= 0.3 is 0 Å².